The molecule has 0 fully saturated rings. The van der Waals surface area contributed by atoms with E-state index in [0.717, 1.165) is 31.2 Å². The number of halogens is 1. The van der Waals surface area contributed by atoms with Gasteiger partial charge in [-0.2, -0.15) is 0 Å². The Labute approximate surface area is 195 Å². The molecule has 0 atom stereocenters. The molecule has 0 radical (unpaired) electrons. The summed E-state index contributed by atoms with van der Waals surface area (Å²) in [6.07, 6.45) is 4.85. The molecule has 0 unspecified atom stereocenters. The fourth-order valence-corrected chi connectivity index (χ4v) is 4.71. The SMILES string of the molecule is CCCCc1nc(SCCCCCC(=O)O)c(C(=O)O)n1Cc1cc2c(cc1Cl)OCO2. The van der Waals surface area contributed by atoms with Crippen LogP contribution in [-0.2, 0) is 17.8 Å². The number of fused-ring (bicyclic) bond motifs is 1. The van der Waals surface area contributed by atoms with Gasteiger partial charge < -0.3 is 24.3 Å². The Morgan fingerprint density at radius 2 is 1.91 bits per heavy atom. The number of hydrogen-bond acceptors (Lipinski definition) is 6. The first kappa shape index (κ1) is 24.3. The maximum atomic E-state index is 12.2. The molecule has 0 spiro atoms. The van der Waals surface area contributed by atoms with Crippen molar-refractivity contribution in [1.82, 2.24) is 9.55 Å². The average molecular weight is 483 g/mol. The topological polar surface area (TPSA) is 111 Å². The lowest BCUT2D eigenvalue weighted by Gasteiger charge is -2.12. The highest BCUT2D eigenvalue weighted by atomic mass is 35.5. The molecule has 2 aromatic rings. The van der Waals surface area contributed by atoms with E-state index in [2.05, 4.69) is 11.9 Å². The van der Waals surface area contributed by atoms with Crippen LogP contribution < -0.4 is 9.47 Å². The Morgan fingerprint density at radius 1 is 1.16 bits per heavy atom. The third-order valence-electron chi connectivity index (χ3n) is 5.12. The number of ether oxygens (including phenoxy) is 2. The Morgan fingerprint density at radius 3 is 2.59 bits per heavy atom. The van der Waals surface area contributed by atoms with Gasteiger partial charge in [-0.05, 0) is 36.6 Å². The third kappa shape index (κ3) is 6.10. The minimum atomic E-state index is -1.04. The van der Waals surface area contributed by atoms with Gasteiger partial charge in [-0.25, -0.2) is 9.78 Å². The van der Waals surface area contributed by atoms with E-state index < -0.39 is 11.9 Å². The monoisotopic (exact) mass is 482 g/mol. The molecule has 0 aliphatic carbocycles. The van der Waals surface area contributed by atoms with E-state index in [0.29, 0.717) is 46.0 Å². The van der Waals surface area contributed by atoms with Crippen molar-refractivity contribution in [3.63, 3.8) is 0 Å². The van der Waals surface area contributed by atoms with Crippen molar-refractivity contribution in [2.24, 2.45) is 0 Å². The zero-order valence-corrected chi connectivity index (χ0v) is 19.5. The van der Waals surface area contributed by atoms with Gasteiger partial charge in [-0.3, -0.25) is 4.79 Å². The molecule has 1 aliphatic heterocycles. The molecule has 0 saturated heterocycles. The van der Waals surface area contributed by atoms with Crippen molar-refractivity contribution in [2.45, 2.75) is 63.4 Å². The van der Waals surface area contributed by atoms with Crippen LogP contribution in [0.5, 0.6) is 11.5 Å². The predicted molar refractivity (Wildman–Crippen MR) is 121 cm³/mol. The number of hydrogen-bond donors (Lipinski definition) is 2. The maximum absolute atomic E-state index is 12.2. The average Bonchev–Trinajstić information content (AvgIpc) is 3.33. The summed E-state index contributed by atoms with van der Waals surface area (Å²) in [5.41, 5.74) is 0.888. The lowest BCUT2D eigenvalue weighted by molar-refractivity contribution is -0.137. The fraction of sp³-hybridized carbons (Fsp3) is 0.500. The van der Waals surface area contributed by atoms with Crippen LogP contribution in [-0.4, -0.2) is 44.2 Å². The van der Waals surface area contributed by atoms with Gasteiger partial charge in [-0.15, -0.1) is 11.8 Å². The fourth-order valence-electron chi connectivity index (χ4n) is 3.45. The summed E-state index contributed by atoms with van der Waals surface area (Å²) in [5, 5.41) is 19.7. The first-order chi connectivity index (χ1) is 15.4. The summed E-state index contributed by atoms with van der Waals surface area (Å²) < 4.78 is 12.5. The molecule has 0 bridgehead atoms. The van der Waals surface area contributed by atoms with Crippen LogP contribution in [0.15, 0.2) is 17.2 Å². The van der Waals surface area contributed by atoms with Gasteiger partial charge in [0.25, 0.3) is 0 Å². The Hall–Kier alpha value is -2.39. The van der Waals surface area contributed by atoms with Gasteiger partial charge in [0.1, 0.15) is 10.9 Å². The van der Waals surface area contributed by atoms with Crippen molar-refractivity contribution >= 4 is 35.3 Å². The van der Waals surface area contributed by atoms with Crippen molar-refractivity contribution < 1.29 is 29.3 Å². The van der Waals surface area contributed by atoms with E-state index in [-0.39, 0.29) is 25.5 Å². The molecule has 8 nitrogen and oxygen atoms in total. The molecular weight excluding hydrogens is 456 g/mol. The number of aromatic carboxylic acids is 1. The zero-order chi connectivity index (χ0) is 23.1. The van der Waals surface area contributed by atoms with Crippen LogP contribution in [0.1, 0.15) is 67.3 Å². The van der Waals surface area contributed by atoms with Gasteiger partial charge in [0.2, 0.25) is 6.79 Å². The Kier molecular flexibility index (Phi) is 8.69. The van der Waals surface area contributed by atoms with Gasteiger partial charge in [-0.1, -0.05) is 31.4 Å². The number of aromatic nitrogens is 2. The summed E-state index contributed by atoms with van der Waals surface area (Å²) in [5.74, 6) is 0.722. The van der Waals surface area contributed by atoms with Gasteiger partial charge in [0.15, 0.2) is 17.2 Å². The third-order valence-corrected chi connectivity index (χ3v) is 6.52. The van der Waals surface area contributed by atoms with Crippen LogP contribution in [0.2, 0.25) is 5.02 Å². The molecule has 1 aromatic heterocycles. The van der Waals surface area contributed by atoms with Crippen LogP contribution in [0.4, 0.5) is 0 Å². The molecule has 0 amide bonds. The van der Waals surface area contributed by atoms with E-state index >= 15 is 0 Å². The Bertz CT molecular complexity index is 978. The lowest BCUT2D eigenvalue weighted by atomic mass is 10.2. The molecule has 174 valence electrons. The minimum Gasteiger partial charge on any atom is -0.481 e. The van der Waals surface area contributed by atoms with Gasteiger partial charge >= 0.3 is 11.9 Å². The predicted octanol–water partition coefficient (Wildman–Crippen LogP) is 5.09. The maximum Gasteiger partial charge on any atom is 0.355 e. The van der Waals surface area contributed by atoms with E-state index in [1.54, 1.807) is 16.7 Å². The molecule has 32 heavy (non-hydrogen) atoms. The zero-order valence-electron chi connectivity index (χ0n) is 17.9. The number of benzene rings is 1. The summed E-state index contributed by atoms with van der Waals surface area (Å²) >= 11 is 7.84. The second-order valence-electron chi connectivity index (χ2n) is 7.53. The van der Waals surface area contributed by atoms with Crippen LogP contribution in [0.3, 0.4) is 0 Å². The van der Waals surface area contributed by atoms with Crippen LogP contribution in [0, 0.1) is 0 Å². The van der Waals surface area contributed by atoms with E-state index in [1.165, 1.54) is 11.8 Å². The number of carboxylic acids is 2. The number of carbonyl (C=O) groups is 2. The molecule has 1 aromatic carbocycles. The standard InChI is InChI=1S/C22H27ClN2O6S/c1-2-3-7-18-24-21(32-9-6-4-5-8-19(26)27)20(22(28)29)25(18)12-14-10-16-17(11-15(14)23)31-13-30-16/h10-11H,2-9,12-13H2,1H3,(H,26,27)(H,28,29). The largest absolute Gasteiger partial charge is 0.481 e. The second-order valence-corrected chi connectivity index (χ2v) is 9.02. The number of unbranched alkanes of at least 4 members (excludes halogenated alkanes) is 3. The number of thioether (sulfide) groups is 1. The molecule has 3 rings (SSSR count). The molecule has 10 heteroatoms. The lowest BCUT2D eigenvalue weighted by Crippen LogP contribution is -2.13. The van der Waals surface area contributed by atoms with Crippen molar-refractivity contribution in [1.29, 1.82) is 0 Å². The first-order valence-electron chi connectivity index (χ1n) is 10.7. The smallest absolute Gasteiger partial charge is 0.355 e. The summed E-state index contributed by atoms with van der Waals surface area (Å²) in [6.45, 7) is 2.48. The van der Waals surface area contributed by atoms with E-state index in [1.807, 2.05) is 0 Å². The van der Waals surface area contributed by atoms with Gasteiger partial charge in [0, 0.05) is 23.9 Å². The number of carboxylic acid groups (broad SMARTS) is 2. The van der Waals surface area contributed by atoms with Gasteiger partial charge in [0.05, 0.1) is 6.54 Å². The first-order valence-corrected chi connectivity index (χ1v) is 12.0. The minimum absolute atomic E-state index is 0.134. The van der Waals surface area contributed by atoms with E-state index in [4.69, 9.17) is 26.2 Å². The number of aryl methyl sites for hydroxylation is 1. The number of nitrogens with zero attached hydrogens (tertiary/aromatic N) is 2. The normalized spacial score (nSPS) is 12.3. The van der Waals surface area contributed by atoms with Crippen molar-refractivity contribution in [2.75, 3.05) is 12.5 Å². The van der Waals surface area contributed by atoms with E-state index in [9.17, 15) is 14.7 Å². The van der Waals surface area contributed by atoms with Crippen LogP contribution in [0.25, 0.3) is 0 Å². The van der Waals surface area contributed by atoms with Crippen molar-refractivity contribution in [3.05, 3.63) is 34.2 Å². The summed E-state index contributed by atoms with van der Waals surface area (Å²) in [4.78, 5) is 27.5. The molecule has 2 heterocycles. The second kappa shape index (κ2) is 11.5. The number of aliphatic carboxylic acids is 1. The molecule has 0 saturated carbocycles. The molecule has 1 aliphatic rings. The number of rotatable bonds is 13. The Balaban J connectivity index is 1.82. The molecular formula is C22H27ClN2O6S. The highest BCUT2D eigenvalue weighted by Crippen LogP contribution is 2.37. The summed E-state index contributed by atoms with van der Waals surface area (Å²) in [6, 6.07) is 3.48. The number of imidazole rings is 1. The van der Waals surface area contributed by atoms with Crippen molar-refractivity contribution in [3.8, 4) is 11.5 Å². The van der Waals surface area contributed by atoms with Crippen LogP contribution >= 0.6 is 23.4 Å². The highest BCUT2D eigenvalue weighted by molar-refractivity contribution is 7.99. The quantitative estimate of drug-likeness (QED) is 0.300. The molecule has 2 N–H and O–H groups in total. The highest BCUT2D eigenvalue weighted by Gasteiger charge is 2.25. The summed E-state index contributed by atoms with van der Waals surface area (Å²) in [7, 11) is 0.